The van der Waals surface area contributed by atoms with Gasteiger partial charge in [-0.15, -0.1) is 0 Å². The molecule has 4 rings (SSSR count). The summed E-state index contributed by atoms with van der Waals surface area (Å²) in [6.45, 7) is 3.80. The van der Waals surface area contributed by atoms with Crippen LogP contribution in [0.25, 0.3) is 0 Å². The summed E-state index contributed by atoms with van der Waals surface area (Å²) in [6, 6.07) is 27.4. The standard InChI is InChI=1S/C25H26ClNO/c1-19-13-15-21(16-14-19)25(20-8-3-2-4-9-20,23-11-5-6-12-24(23)26)28-18-22-10-7-17-27-22/h2-6,8-9,11-16,22,27H,7,10,17-18H2,1H3/t22-,25?/m1/s1. The first-order valence-corrected chi connectivity index (χ1v) is 10.3. The SMILES string of the molecule is Cc1ccc(C(OC[C@H]2CCCN2)(c2ccccc2)c2ccccc2Cl)cc1. The van der Waals surface area contributed by atoms with Gasteiger partial charge in [-0.1, -0.05) is 90.0 Å². The third-order valence-electron chi connectivity index (χ3n) is 5.55. The molecule has 0 aromatic heterocycles. The summed E-state index contributed by atoms with van der Waals surface area (Å²) < 4.78 is 6.85. The van der Waals surface area contributed by atoms with Crippen molar-refractivity contribution < 1.29 is 4.74 Å². The first-order valence-electron chi connectivity index (χ1n) is 9.95. The minimum absolute atomic E-state index is 0.371. The molecule has 3 heteroatoms. The van der Waals surface area contributed by atoms with E-state index in [1.165, 1.54) is 12.0 Å². The molecule has 0 radical (unpaired) electrons. The number of aryl methyl sites for hydroxylation is 1. The molecule has 28 heavy (non-hydrogen) atoms. The minimum atomic E-state index is -0.752. The van der Waals surface area contributed by atoms with Gasteiger partial charge in [-0.2, -0.15) is 0 Å². The van der Waals surface area contributed by atoms with Crippen LogP contribution < -0.4 is 5.32 Å². The van der Waals surface area contributed by atoms with Crippen molar-refractivity contribution in [2.75, 3.05) is 13.2 Å². The van der Waals surface area contributed by atoms with Gasteiger partial charge in [0.25, 0.3) is 0 Å². The van der Waals surface area contributed by atoms with Crippen LogP contribution in [0.4, 0.5) is 0 Å². The van der Waals surface area contributed by atoms with Gasteiger partial charge in [0.05, 0.1) is 6.61 Å². The van der Waals surface area contributed by atoms with Crippen LogP contribution in [-0.2, 0) is 10.3 Å². The van der Waals surface area contributed by atoms with Crippen LogP contribution in [0.3, 0.4) is 0 Å². The maximum absolute atomic E-state index is 6.85. The molecule has 2 nitrogen and oxygen atoms in total. The maximum atomic E-state index is 6.85. The highest BCUT2D eigenvalue weighted by Crippen LogP contribution is 2.43. The van der Waals surface area contributed by atoms with Gasteiger partial charge in [-0.25, -0.2) is 0 Å². The summed E-state index contributed by atoms with van der Waals surface area (Å²) in [5, 5.41) is 4.26. The van der Waals surface area contributed by atoms with Gasteiger partial charge in [-0.3, -0.25) is 0 Å². The molecule has 0 bridgehead atoms. The summed E-state index contributed by atoms with van der Waals surface area (Å²) in [5.41, 5.74) is 3.63. The molecule has 1 aliphatic heterocycles. The van der Waals surface area contributed by atoms with Gasteiger partial charge in [0.2, 0.25) is 0 Å². The van der Waals surface area contributed by atoms with E-state index in [1.807, 2.05) is 24.3 Å². The topological polar surface area (TPSA) is 21.3 Å². The van der Waals surface area contributed by atoms with Crippen molar-refractivity contribution in [3.05, 3.63) is 106 Å². The van der Waals surface area contributed by atoms with Crippen LogP contribution in [0, 0.1) is 6.92 Å². The monoisotopic (exact) mass is 391 g/mol. The average molecular weight is 392 g/mol. The number of hydrogen-bond acceptors (Lipinski definition) is 2. The van der Waals surface area contributed by atoms with Crippen molar-refractivity contribution in [1.29, 1.82) is 0 Å². The highest BCUT2D eigenvalue weighted by atomic mass is 35.5. The number of ether oxygens (including phenoxy) is 1. The largest absolute Gasteiger partial charge is 0.359 e. The van der Waals surface area contributed by atoms with Crippen LogP contribution in [-0.4, -0.2) is 19.2 Å². The second-order valence-corrected chi connectivity index (χ2v) is 7.90. The third-order valence-corrected chi connectivity index (χ3v) is 5.88. The molecule has 3 aromatic rings. The van der Waals surface area contributed by atoms with Crippen molar-refractivity contribution in [3.8, 4) is 0 Å². The van der Waals surface area contributed by atoms with E-state index in [4.69, 9.17) is 16.3 Å². The second kappa shape index (κ2) is 8.48. The average Bonchev–Trinajstić information content (AvgIpc) is 3.25. The Morgan fingerprint density at radius 3 is 2.29 bits per heavy atom. The molecule has 3 aromatic carbocycles. The molecule has 1 unspecified atom stereocenters. The number of nitrogens with one attached hydrogen (secondary N) is 1. The first kappa shape index (κ1) is 19.2. The number of rotatable bonds is 6. The third kappa shape index (κ3) is 3.73. The Hall–Kier alpha value is -2.13. The lowest BCUT2D eigenvalue weighted by Crippen LogP contribution is -2.38. The fourth-order valence-corrected chi connectivity index (χ4v) is 4.32. The molecule has 2 atom stereocenters. The summed E-state index contributed by atoms with van der Waals surface area (Å²) in [4.78, 5) is 0. The molecule has 144 valence electrons. The van der Waals surface area contributed by atoms with Gasteiger partial charge < -0.3 is 10.1 Å². The molecule has 1 aliphatic rings. The molecule has 0 aliphatic carbocycles. The normalized spacial score (nSPS) is 18.7. The zero-order valence-electron chi connectivity index (χ0n) is 16.2. The molecular weight excluding hydrogens is 366 g/mol. The van der Waals surface area contributed by atoms with Crippen molar-refractivity contribution in [3.63, 3.8) is 0 Å². The Morgan fingerprint density at radius 2 is 1.61 bits per heavy atom. The molecule has 0 spiro atoms. The predicted molar refractivity (Wildman–Crippen MR) is 116 cm³/mol. The Balaban J connectivity index is 1.90. The van der Waals surface area contributed by atoms with E-state index < -0.39 is 5.60 Å². The maximum Gasteiger partial charge on any atom is 0.145 e. The molecule has 0 amide bonds. The molecule has 1 saturated heterocycles. The Bertz CT molecular complexity index is 903. The number of hydrogen-bond donors (Lipinski definition) is 1. The van der Waals surface area contributed by atoms with Crippen molar-refractivity contribution >= 4 is 11.6 Å². The van der Waals surface area contributed by atoms with Crippen LogP contribution in [0.15, 0.2) is 78.9 Å². The molecule has 1 heterocycles. The van der Waals surface area contributed by atoms with Crippen LogP contribution in [0.1, 0.15) is 35.1 Å². The van der Waals surface area contributed by atoms with E-state index >= 15 is 0 Å². The summed E-state index contributed by atoms with van der Waals surface area (Å²) >= 11 is 6.74. The van der Waals surface area contributed by atoms with Gasteiger partial charge >= 0.3 is 0 Å². The van der Waals surface area contributed by atoms with Crippen LogP contribution in [0.2, 0.25) is 5.02 Å². The van der Waals surface area contributed by atoms with Gasteiger partial charge in [0.1, 0.15) is 5.60 Å². The lowest BCUT2D eigenvalue weighted by Gasteiger charge is -2.37. The minimum Gasteiger partial charge on any atom is -0.359 e. The fraction of sp³-hybridized carbons (Fsp3) is 0.280. The van der Waals surface area contributed by atoms with Crippen LogP contribution >= 0.6 is 11.6 Å². The fourth-order valence-electron chi connectivity index (χ4n) is 4.05. The smallest absolute Gasteiger partial charge is 0.145 e. The number of benzene rings is 3. The quantitative estimate of drug-likeness (QED) is 0.543. The van der Waals surface area contributed by atoms with Crippen molar-refractivity contribution in [2.24, 2.45) is 0 Å². The van der Waals surface area contributed by atoms with E-state index in [0.717, 1.165) is 29.7 Å². The van der Waals surface area contributed by atoms with Gasteiger partial charge in [0.15, 0.2) is 0 Å². The predicted octanol–water partition coefficient (Wildman–Crippen LogP) is 5.71. The zero-order chi connectivity index (χ0) is 19.4. The highest BCUT2D eigenvalue weighted by Gasteiger charge is 2.39. The van der Waals surface area contributed by atoms with E-state index in [1.54, 1.807) is 0 Å². The van der Waals surface area contributed by atoms with E-state index in [0.29, 0.717) is 17.7 Å². The van der Waals surface area contributed by atoms with Crippen molar-refractivity contribution in [2.45, 2.75) is 31.4 Å². The van der Waals surface area contributed by atoms with Crippen LogP contribution in [0.5, 0.6) is 0 Å². The molecule has 1 fully saturated rings. The summed E-state index contributed by atoms with van der Waals surface area (Å²) in [5.74, 6) is 0. The van der Waals surface area contributed by atoms with E-state index in [2.05, 4.69) is 66.8 Å². The Kier molecular flexibility index (Phi) is 5.82. The summed E-state index contributed by atoms with van der Waals surface area (Å²) in [6.07, 6.45) is 2.34. The number of halogens is 1. The zero-order valence-corrected chi connectivity index (χ0v) is 17.0. The lowest BCUT2D eigenvalue weighted by atomic mass is 9.79. The first-order chi connectivity index (χ1) is 13.7. The Morgan fingerprint density at radius 1 is 0.929 bits per heavy atom. The van der Waals surface area contributed by atoms with E-state index in [9.17, 15) is 0 Å². The summed E-state index contributed by atoms with van der Waals surface area (Å²) in [7, 11) is 0. The van der Waals surface area contributed by atoms with Gasteiger partial charge in [-0.05, 0) is 43.5 Å². The molecule has 0 saturated carbocycles. The highest BCUT2D eigenvalue weighted by molar-refractivity contribution is 6.31. The van der Waals surface area contributed by atoms with E-state index in [-0.39, 0.29) is 0 Å². The van der Waals surface area contributed by atoms with Crippen molar-refractivity contribution in [1.82, 2.24) is 5.32 Å². The Labute approximate surface area is 172 Å². The second-order valence-electron chi connectivity index (χ2n) is 7.50. The van der Waals surface area contributed by atoms with Gasteiger partial charge in [0, 0.05) is 16.6 Å². The lowest BCUT2D eigenvalue weighted by molar-refractivity contribution is 0.00263. The molecule has 1 N–H and O–H groups in total. The molecular formula is C25H26ClNO.